The number of nitriles is 1. The van der Waals surface area contributed by atoms with Gasteiger partial charge in [0, 0.05) is 17.8 Å². The maximum absolute atomic E-state index is 13.6. The molecule has 82 valence electrons. The Balaban J connectivity index is 2.35. The van der Waals surface area contributed by atoms with E-state index >= 15 is 0 Å². The molecule has 5 heteroatoms. The molecule has 1 aliphatic rings. The summed E-state index contributed by atoms with van der Waals surface area (Å²) >= 11 is 3.33. The highest BCUT2D eigenvalue weighted by Gasteiger charge is 2.30. The van der Waals surface area contributed by atoms with Crippen LogP contribution in [0.4, 0.5) is 10.1 Å². The lowest BCUT2D eigenvalue weighted by Gasteiger charge is -2.16. The van der Waals surface area contributed by atoms with Crippen molar-refractivity contribution < 1.29 is 9.18 Å². The molecule has 1 aromatic rings. The summed E-state index contributed by atoms with van der Waals surface area (Å²) in [7, 11) is 0. The van der Waals surface area contributed by atoms with Crippen LogP contribution in [0.5, 0.6) is 0 Å². The molecule has 0 saturated carbocycles. The first-order chi connectivity index (χ1) is 7.61. The number of nitrogens with zero attached hydrogens (tertiary/aromatic N) is 2. The zero-order valence-corrected chi connectivity index (χ0v) is 9.87. The molecule has 1 atom stereocenters. The highest BCUT2D eigenvalue weighted by molar-refractivity contribution is 9.09. The Morgan fingerprint density at radius 2 is 2.31 bits per heavy atom. The molecule has 3 nitrogen and oxygen atoms in total. The van der Waals surface area contributed by atoms with Gasteiger partial charge in [0.1, 0.15) is 5.82 Å². The summed E-state index contributed by atoms with van der Waals surface area (Å²) in [6, 6.07) is 5.97. The van der Waals surface area contributed by atoms with Crippen LogP contribution in [0.25, 0.3) is 0 Å². The first-order valence-electron chi connectivity index (χ1n) is 4.76. The van der Waals surface area contributed by atoms with Crippen molar-refractivity contribution in [2.75, 3.05) is 11.4 Å². The Labute approximate surface area is 101 Å². The Kier molecular flexibility index (Phi) is 2.92. The molecule has 1 heterocycles. The third-order valence-electron chi connectivity index (χ3n) is 2.45. The van der Waals surface area contributed by atoms with Crippen LogP contribution in [0.2, 0.25) is 0 Å². The van der Waals surface area contributed by atoms with Crippen LogP contribution in [-0.2, 0) is 4.79 Å². The normalized spacial score (nSPS) is 19.9. The molecule has 1 aliphatic heterocycles. The fourth-order valence-electron chi connectivity index (χ4n) is 1.69. The Morgan fingerprint density at radius 3 is 2.81 bits per heavy atom. The molecule has 1 saturated heterocycles. The lowest BCUT2D eigenvalue weighted by molar-refractivity contribution is -0.117. The van der Waals surface area contributed by atoms with Gasteiger partial charge >= 0.3 is 0 Å². The molecule has 0 bridgehead atoms. The van der Waals surface area contributed by atoms with Crippen molar-refractivity contribution in [2.24, 2.45) is 0 Å². The number of amides is 1. The third-order valence-corrected chi connectivity index (χ3v) is 3.06. The van der Waals surface area contributed by atoms with Gasteiger partial charge in [-0.05, 0) is 18.2 Å². The van der Waals surface area contributed by atoms with E-state index in [1.807, 2.05) is 6.07 Å². The number of rotatable bonds is 1. The summed E-state index contributed by atoms with van der Waals surface area (Å²) in [4.78, 5) is 13.0. The van der Waals surface area contributed by atoms with Crippen molar-refractivity contribution in [3.63, 3.8) is 0 Å². The summed E-state index contributed by atoms with van der Waals surface area (Å²) in [5.41, 5.74) is 0.495. The standard InChI is InChI=1S/C11H8BrFN2O/c12-8-4-11(16)15(6-8)10-2-1-7(5-14)3-9(10)13/h1-3,8H,4,6H2. The van der Waals surface area contributed by atoms with Crippen LogP contribution in [0.1, 0.15) is 12.0 Å². The predicted molar refractivity (Wildman–Crippen MR) is 60.8 cm³/mol. The molecule has 1 amide bonds. The van der Waals surface area contributed by atoms with Gasteiger partial charge in [-0.3, -0.25) is 4.79 Å². The zero-order valence-electron chi connectivity index (χ0n) is 8.28. The van der Waals surface area contributed by atoms with Crippen molar-refractivity contribution in [3.8, 4) is 6.07 Å². The van der Waals surface area contributed by atoms with Gasteiger partial charge in [-0.2, -0.15) is 5.26 Å². The van der Waals surface area contributed by atoms with E-state index in [9.17, 15) is 9.18 Å². The van der Waals surface area contributed by atoms with E-state index in [1.54, 1.807) is 0 Å². The molecule has 0 radical (unpaired) electrons. The van der Waals surface area contributed by atoms with Gasteiger partial charge in [0.2, 0.25) is 5.91 Å². The lowest BCUT2D eigenvalue weighted by Crippen LogP contribution is -2.25. The van der Waals surface area contributed by atoms with Crippen LogP contribution in [0, 0.1) is 17.1 Å². The second kappa shape index (κ2) is 4.22. The van der Waals surface area contributed by atoms with Crippen molar-refractivity contribution in [1.29, 1.82) is 5.26 Å². The number of benzene rings is 1. The number of carbonyl (C=O) groups excluding carboxylic acids is 1. The van der Waals surface area contributed by atoms with E-state index in [2.05, 4.69) is 15.9 Å². The molecule has 0 spiro atoms. The molecule has 0 aromatic heterocycles. The number of anilines is 1. The molecule has 0 N–H and O–H groups in total. The number of hydrogen-bond donors (Lipinski definition) is 0. The minimum absolute atomic E-state index is 0.0649. The van der Waals surface area contributed by atoms with E-state index in [1.165, 1.54) is 17.0 Å². The molecule has 1 unspecified atom stereocenters. The minimum Gasteiger partial charge on any atom is -0.308 e. The predicted octanol–water partition coefficient (Wildman–Crippen LogP) is 2.20. The maximum Gasteiger partial charge on any atom is 0.228 e. The van der Waals surface area contributed by atoms with Crippen LogP contribution < -0.4 is 4.90 Å². The molecule has 0 aliphatic carbocycles. The summed E-state index contributed by atoms with van der Waals surface area (Å²) in [5, 5.41) is 8.61. The van der Waals surface area contributed by atoms with E-state index in [0.717, 1.165) is 6.07 Å². The van der Waals surface area contributed by atoms with E-state index in [0.29, 0.717) is 13.0 Å². The molecule has 1 aromatic carbocycles. The molecule has 2 rings (SSSR count). The number of hydrogen-bond acceptors (Lipinski definition) is 2. The first kappa shape index (κ1) is 11.1. The summed E-state index contributed by atoms with van der Waals surface area (Å²) in [6.45, 7) is 0.460. The van der Waals surface area contributed by atoms with Crippen molar-refractivity contribution in [3.05, 3.63) is 29.6 Å². The van der Waals surface area contributed by atoms with E-state index in [4.69, 9.17) is 5.26 Å². The number of alkyl halides is 1. The van der Waals surface area contributed by atoms with Crippen LogP contribution in [0.3, 0.4) is 0 Å². The summed E-state index contributed by atoms with van der Waals surface area (Å²) < 4.78 is 13.6. The Morgan fingerprint density at radius 1 is 1.56 bits per heavy atom. The van der Waals surface area contributed by atoms with Gasteiger partial charge in [-0.1, -0.05) is 15.9 Å². The molecule has 16 heavy (non-hydrogen) atoms. The zero-order chi connectivity index (χ0) is 11.7. The number of halogens is 2. The SMILES string of the molecule is N#Cc1ccc(N2CC(Br)CC2=O)c(F)c1. The van der Waals surface area contributed by atoms with Crippen molar-refractivity contribution in [2.45, 2.75) is 11.2 Å². The second-order valence-electron chi connectivity index (χ2n) is 3.58. The highest BCUT2D eigenvalue weighted by atomic mass is 79.9. The van der Waals surface area contributed by atoms with Gasteiger partial charge in [0.15, 0.2) is 0 Å². The van der Waals surface area contributed by atoms with E-state index < -0.39 is 5.82 Å². The molecular formula is C11H8BrFN2O. The summed E-state index contributed by atoms with van der Waals surface area (Å²) in [6.07, 6.45) is 0.374. The topological polar surface area (TPSA) is 44.1 Å². The third kappa shape index (κ3) is 1.93. The maximum atomic E-state index is 13.6. The first-order valence-corrected chi connectivity index (χ1v) is 5.67. The van der Waals surface area contributed by atoms with Gasteiger partial charge in [-0.25, -0.2) is 4.39 Å². The monoisotopic (exact) mass is 282 g/mol. The van der Waals surface area contributed by atoms with Crippen molar-refractivity contribution in [1.82, 2.24) is 0 Å². The summed E-state index contributed by atoms with van der Waals surface area (Å²) in [5.74, 6) is -0.639. The van der Waals surface area contributed by atoms with E-state index in [-0.39, 0.29) is 22.0 Å². The lowest BCUT2D eigenvalue weighted by atomic mass is 10.2. The number of carbonyl (C=O) groups is 1. The smallest absolute Gasteiger partial charge is 0.228 e. The average Bonchev–Trinajstić information content (AvgIpc) is 2.57. The van der Waals surface area contributed by atoms with Gasteiger partial charge in [0.25, 0.3) is 0 Å². The van der Waals surface area contributed by atoms with Crippen LogP contribution in [-0.4, -0.2) is 17.3 Å². The molecule has 1 fully saturated rings. The Hall–Kier alpha value is -1.41. The fraction of sp³-hybridized carbons (Fsp3) is 0.273. The minimum atomic E-state index is -0.533. The van der Waals surface area contributed by atoms with Gasteiger partial charge < -0.3 is 4.90 Å². The average molecular weight is 283 g/mol. The van der Waals surface area contributed by atoms with Crippen LogP contribution >= 0.6 is 15.9 Å². The quantitative estimate of drug-likeness (QED) is 0.742. The van der Waals surface area contributed by atoms with Crippen molar-refractivity contribution >= 4 is 27.5 Å². The van der Waals surface area contributed by atoms with Gasteiger partial charge in [0.05, 0.1) is 17.3 Å². The van der Waals surface area contributed by atoms with Crippen LogP contribution in [0.15, 0.2) is 18.2 Å². The fourth-order valence-corrected chi connectivity index (χ4v) is 2.26. The highest BCUT2D eigenvalue weighted by Crippen LogP contribution is 2.27. The Bertz CT molecular complexity index is 483. The second-order valence-corrected chi connectivity index (χ2v) is 4.88. The largest absolute Gasteiger partial charge is 0.308 e. The molecular weight excluding hydrogens is 275 g/mol. The van der Waals surface area contributed by atoms with Gasteiger partial charge in [-0.15, -0.1) is 0 Å².